The third-order valence-corrected chi connectivity index (χ3v) is 3.59. The van der Waals surface area contributed by atoms with E-state index in [9.17, 15) is 4.79 Å². The topological polar surface area (TPSA) is 38.3 Å². The summed E-state index contributed by atoms with van der Waals surface area (Å²) in [6, 6.07) is 0. The van der Waals surface area contributed by atoms with Gasteiger partial charge in [-0.25, -0.2) is 0 Å². The predicted octanol–water partition coefficient (Wildman–Crippen LogP) is 1.19. The molecule has 2 aliphatic rings. The van der Waals surface area contributed by atoms with Crippen LogP contribution in [-0.4, -0.2) is 25.7 Å². The molecule has 3 atom stereocenters. The molecule has 3 unspecified atom stereocenters. The van der Waals surface area contributed by atoms with Crippen molar-refractivity contribution in [1.82, 2.24) is 5.32 Å². The normalized spacial score (nSPS) is 36.5. The van der Waals surface area contributed by atoms with E-state index in [1.807, 2.05) is 6.92 Å². The maximum Gasteiger partial charge on any atom is 0.310 e. The van der Waals surface area contributed by atoms with Gasteiger partial charge < -0.3 is 10.1 Å². The van der Waals surface area contributed by atoms with Crippen LogP contribution in [0.15, 0.2) is 0 Å². The Balaban J connectivity index is 1.99. The second-order valence-corrected chi connectivity index (χ2v) is 4.37. The van der Waals surface area contributed by atoms with Gasteiger partial charge in [0.25, 0.3) is 0 Å². The first-order valence-corrected chi connectivity index (χ1v) is 5.70. The fourth-order valence-corrected chi connectivity index (χ4v) is 2.93. The van der Waals surface area contributed by atoms with Gasteiger partial charge in [-0.3, -0.25) is 4.79 Å². The summed E-state index contributed by atoms with van der Waals surface area (Å²) < 4.78 is 5.11. The van der Waals surface area contributed by atoms with Gasteiger partial charge in [0, 0.05) is 6.54 Å². The van der Waals surface area contributed by atoms with Crippen molar-refractivity contribution in [2.45, 2.75) is 26.2 Å². The number of esters is 1. The molecule has 14 heavy (non-hydrogen) atoms. The minimum absolute atomic E-state index is 0.0107. The summed E-state index contributed by atoms with van der Waals surface area (Å²) in [4.78, 5) is 11.7. The molecule has 1 aliphatic carbocycles. The van der Waals surface area contributed by atoms with E-state index < -0.39 is 0 Å². The Bertz CT molecular complexity index is 217. The Morgan fingerprint density at radius 2 is 2.29 bits per heavy atom. The molecule has 2 fully saturated rings. The first kappa shape index (κ1) is 9.97. The van der Waals surface area contributed by atoms with Gasteiger partial charge in [-0.2, -0.15) is 0 Å². The molecule has 1 aliphatic heterocycles. The van der Waals surface area contributed by atoms with Crippen LogP contribution in [0.3, 0.4) is 0 Å². The van der Waals surface area contributed by atoms with Gasteiger partial charge in [0.05, 0.1) is 12.5 Å². The van der Waals surface area contributed by atoms with Crippen LogP contribution < -0.4 is 5.32 Å². The maximum atomic E-state index is 11.7. The van der Waals surface area contributed by atoms with Gasteiger partial charge in [0.2, 0.25) is 0 Å². The molecule has 0 spiro atoms. The molecule has 1 saturated heterocycles. The molecule has 0 aromatic heterocycles. The van der Waals surface area contributed by atoms with E-state index in [-0.39, 0.29) is 11.9 Å². The minimum atomic E-state index is 0.0107. The van der Waals surface area contributed by atoms with Crippen LogP contribution >= 0.6 is 0 Å². The van der Waals surface area contributed by atoms with Gasteiger partial charge >= 0.3 is 5.97 Å². The molecule has 1 heterocycles. The fourth-order valence-electron chi connectivity index (χ4n) is 2.93. The summed E-state index contributed by atoms with van der Waals surface area (Å²) in [5.74, 6) is 1.45. The zero-order valence-corrected chi connectivity index (χ0v) is 8.79. The maximum absolute atomic E-state index is 11.7. The number of piperidine rings is 1. The molecule has 0 amide bonds. The SMILES string of the molecule is CCOC(=O)C1CNCC2CCCC21. The molecule has 1 N–H and O–H groups in total. The van der Waals surface area contributed by atoms with Crippen molar-refractivity contribution < 1.29 is 9.53 Å². The molecule has 0 aromatic carbocycles. The van der Waals surface area contributed by atoms with E-state index in [2.05, 4.69) is 5.32 Å². The number of fused-ring (bicyclic) bond motifs is 1. The number of hydrogen-bond acceptors (Lipinski definition) is 3. The molecule has 0 aromatic rings. The number of rotatable bonds is 2. The third kappa shape index (κ3) is 1.78. The average Bonchev–Trinajstić information content (AvgIpc) is 2.65. The van der Waals surface area contributed by atoms with E-state index in [1.54, 1.807) is 0 Å². The molecule has 3 heteroatoms. The summed E-state index contributed by atoms with van der Waals surface area (Å²) in [7, 11) is 0. The summed E-state index contributed by atoms with van der Waals surface area (Å²) in [6.07, 6.45) is 3.79. The molecular weight excluding hydrogens is 178 g/mol. The average molecular weight is 197 g/mol. The minimum Gasteiger partial charge on any atom is -0.466 e. The highest BCUT2D eigenvalue weighted by atomic mass is 16.5. The van der Waals surface area contributed by atoms with E-state index in [1.165, 1.54) is 19.3 Å². The molecule has 0 radical (unpaired) electrons. The number of nitrogens with one attached hydrogen (secondary N) is 1. The van der Waals surface area contributed by atoms with Crippen LogP contribution in [0.5, 0.6) is 0 Å². The van der Waals surface area contributed by atoms with Crippen molar-refractivity contribution in [2.75, 3.05) is 19.7 Å². The quantitative estimate of drug-likeness (QED) is 0.676. The van der Waals surface area contributed by atoms with Crippen molar-refractivity contribution in [1.29, 1.82) is 0 Å². The Morgan fingerprint density at radius 3 is 3.07 bits per heavy atom. The highest BCUT2D eigenvalue weighted by molar-refractivity contribution is 5.73. The third-order valence-electron chi connectivity index (χ3n) is 3.59. The molecule has 80 valence electrons. The number of carbonyl (C=O) groups excluding carboxylic acids is 1. The lowest BCUT2D eigenvalue weighted by Crippen LogP contribution is -2.45. The fraction of sp³-hybridized carbons (Fsp3) is 0.909. The molecule has 3 nitrogen and oxygen atoms in total. The summed E-state index contributed by atoms with van der Waals surface area (Å²) >= 11 is 0. The van der Waals surface area contributed by atoms with Gasteiger partial charge in [-0.15, -0.1) is 0 Å². The molecule has 2 rings (SSSR count). The van der Waals surface area contributed by atoms with Gasteiger partial charge in [0.15, 0.2) is 0 Å². The number of ether oxygens (including phenoxy) is 1. The zero-order chi connectivity index (χ0) is 9.97. The van der Waals surface area contributed by atoms with Crippen molar-refractivity contribution in [3.63, 3.8) is 0 Å². The molecule has 0 bridgehead atoms. The van der Waals surface area contributed by atoms with E-state index in [0.29, 0.717) is 12.5 Å². The summed E-state index contributed by atoms with van der Waals surface area (Å²) in [6.45, 7) is 4.30. The van der Waals surface area contributed by atoms with Gasteiger partial charge in [-0.05, 0) is 38.1 Å². The Labute approximate surface area is 85.2 Å². The van der Waals surface area contributed by atoms with Crippen LogP contribution in [0.1, 0.15) is 26.2 Å². The zero-order valence-electron chi connectivity index (χ0n) is 8.79. The van der Waals surface area contributed by atoms with E-state index in [0.717, 1.165) is 19.0 Å². The van der Waals surface area contributed by atoms with Gasteiger partial charge in [0.1, 0.15) is 0 Å². The standard InChI is InChI=1S/C11H19NO2/c1-2-14-11(13)10-7-12-6-8-4-3-5-9(8)10/h8-10,12H,2-7H2,1H3. The lowest BCUT2D eigenvalue weighted by molar-refractivity contribution is -0.151. The monoisotopic (exact) mass is 197 g/mol. The van der Waals surface area contributed by atoms with E-state index in [4.69, 9.17) is 4.74 Å². The Hall–Kier alpha value is -0.570. The second kappa shape index (κ2) is 4.30. The largest absolute Gasteiger partial charge is 0.466 e. The van der Waals surface area contributed by atoms with Crippen LogP contribution in [-0.2, 0) is 9.53 Å². The van der Waals surface area contributed by atoms with Crippen molar-refractivity contribution >= 4 is 5.97 Å². The highest BCUT2D eigenvalue weighted by Crippen LogP contribution is 2.39. The summed E-state index contributed by atoms with van der Waals surface area (Å²) in [5, 5.41) is 3.34. The van der Waals surface area contributed by atoms with E-state index >= 15 is 0 Å². The number of hydrogen-bond donors (Lipinski definition) is 1. The van der Waals surface area contributed by atoms with Crippen molar-refractivity contribution in [2.24, 2.45) is 17.8 Å². The lowest BCUT2D eigenvalue weighted by Gasteiger charge is -2.32. The second-order valence-electron chi connectivity index (χ2n) is 4.37. The van der Waals surface area contributed by atoms with Crippen molar-refractivity contribution in [3.05, 3.63) is 0 Å². The predicted molar refractivity (Wildman–Crippen MR) is 53.8 cm³/mol. The van der Waals surface area contributed by atoms with Crippen LogP contribution in [0.4, 0.5) is 0 Å². The van der Waals surface area contributed by atoms with Crippen molar-refractivity contribution in [3.8, 4) is 0 Å². The Morgan fingerprint density at radius 1 is 1.43 bits per heavy atom. The van der Waals surface area contributed by atoms with Crippen LogP contribution in [0.2, 0.25) is 0 Å². The molecule has 1 saturated carbocycles. The smallest absolute Gasteiger partial charge is 0.310 e. The first-order valence-electron chi connectivity index (χ1n) is 5.70. The molecular formula is C11H19NO2. The van der Waals surface area contributed by atoms with Crippen LogP contribution in [0, 0.1) is 17.8 Å². The lowest BCUT2D eigenvalue weighted by atomic mass is 9.81. The summed E-state index contributed by atoms with van der Waals surface area (Å²) in [5.41, 5.74) is 0. The first-order chi connectivity index (χ1) is 6.83. The Kier molecular flexibility index (Phi) is 3.06. The number of carbonyl (C=O) groups is 1. The van der Waals surface area contributed by atoms with Gasteiger partial charge in [-0.1, -0.05) is 6.42 Å². The van der Waals surface area contributed by atoms with Crippen LogP contribution in [0.25, 0.3) is 0 Å². The highest BCUT2D eigenvalue weighted by Gasteiger charge is 2.40.